The van der Waals surface area contributed by atoms with Crippen molar-refractivity contribution in [1.82, 2.24) is 4.98 Å². The molecular weight excluding hydrogens is 335 g/mol. The van der Waals surface area contributed by atoms with E-state index in [4.69, 9.17) is 5.11 Å². The molecule has 6 heteroatoms. The first-order chi connectivity index (χ1) is 12.5. The summed E-state index contributed by atoms with van der Waals surface area (Å²) in [5.41, 5.74) is 2.41. The van der Waals surface area contributed by atoms with Gasteiger partial charge in [0.25, 0.3) is 0 Å². The van der Waals surface area contributed by atoms with Gasteiger partial charge in [-0.1, -0.05) is 12.1 Å². The molecule has 3 rings (SSSR count). The van der Waals surface area contributed by atoms with Crippen LogP contribution < -0.4 is 5.32 Å². The van der Waals surface area contributed by atoms with Crippen LogP contribution in [0.15, 0.2) is 48.7 Å². The molecule has 0 unspecified atom stereocenters. The van der Waals surface area contributed by atoms with E-state index in [-0.39, 0.29) is 22.7 Å². The first-order valence-corrected chi connectivity index (χ1v) is 8.10. The van der Waals surface area contributed by atoms with Gasteiger partial charge in [0.05, 0.1) is 16.8 Å². The second-order valence-corrected chi connectivity index (χ2v) is 5.73. The number of aromatic amines is 1. The van der Waals surface area contributed by atoms with Gasteiger partial charge in [0.1, 0.15) is 5.82 Å². The number of aromatic nitrogens is 1. The zero-order valence-electron chi connectivity index (χ0n) is 14.0. The first kappa shape index (κ1) is 17.4. The third-order valence-corrected chi connectivity index (χ3v) is 3.96. The van der Waals surface area contributed by atoms with Gasteiger partial charge >= 0.3 is 5.97 Å². The number of benzene rings is 2. The van der Waals surface area contributed by atoms with E-state index >= 15 is 0 Å². The lowest BCUT2D eigenvalue weighted by Gasteiger charge is -2.05. The van der Waals surface area contributed by atoms with Crippen molar-refractivity contribution in [3.05, 3.63) is 71.2 Å². The van der Waals surface area contributed by atoms with E-state index in [1.54, 1.807) is 18.3 Å². The highest BCUT2D eigenvalue weighted by Crippen LogP contribution is 2.28. The van der Waals surface area contributed by atoms with Crippen molar-refractivity contribution in [3.8, 4) is 0 Å². The summed E-state index contributed by atoms with van der Waals surface area (Å²) in [7, 11) is 0. The van der Waals surface area contributed by atoms with Crippen LogP contribution in [-0.2, 0) is 0 Å². The fraction of sp³-hybridized carbons (Fsp3) is 0.100. The number of carbonyl (C=O) groups excluding carboxylic acids is 1. The molecule has 1 heterocycles. The molecule has 26 heavy (non-hydrogen) atoms. The number of hydrogen-bond donors (Lipinski definition) is 3. The Morgan fingerprint density at radius 2 is 2.00 bits per heavy atom. The Balaban J connectivity index is 1.92. The van der Waals surface area contributed by atoms with Crippen molar-refractivity contribution >= 4 is 34.4 Å². The molecule has 132 valence electrons. The molecule has 0 saturated heterocycles. The summed E-state index contributed by atoms with van der Waals surface area (Å²) in [6.07, 6.45) is 4.63. The molecule has 0 bridgehead atoms. The molecule has 0 aliphatic heterocycles. The van der Waals surface area contributed by atoms with Crippen LogP contribution in [-0.4, -0.2) is 28.4 Å². The molecule has 0 aliphatic carbocycles. The molecule has 0 atom stereocenters. The van der Waals surface area contributed by atoms with Crippen LogP contribution in [0.2, 0.25) is 0 Å². The Morgan fingerprint density at radius 3 is 2.73 bits per heavy atom. The van der Waals surface area contributed by atoms with E-state index in [1.165, 1.54) is 36.4 Å². The molecule has 0 fully saturated rings. The van der Waals surface area contributed by atoms with Crippen molar-refractivity contribution in [2.45, 2.75) is 6.92 Å². The normalized spacial score (nSPS) is 11.2. The van der Waals surface area contributed by atoms with Crippen molar-refractivity contribution < 1.29 is 19.1 Å². The zero-order valence-corrected chi connectivity index (χ0v) is 14.0. The molecule has 0 aliphatic rings. The quantitative estimate of drug-likeness (QED) is 0.455. The zero-order chi connectivity index (χ0) is 18.7. The lowest BCUT2D eigenvalue weighted by molar-refractivity contribution is 0.0697. The maximum atomic E-state index is 13.9. The number of ketones is 1. The average molecular weight is 352 g/mol. The number of aromatic carboxylic acids is 1. The Kier molecular flexibility index (Phi) is 4.84. The van der Waals surface area contributed by atoms with Gasteiger partial charge in [-0.2, -0.15) is 0 Å². The number of carbonyl (C=O) groups is 2. The largest absolute Gasteiger partial charge is 0.478 e. The second-order valence-electron chi connectivity index (χ2n) is 5.73. The number of anilines is 1. The van der Waals surface area contributed by atoms with Gasteiger partial charge in [0, 0.05) is 29.3 Å². The summed E-state index contributed by atoms with van der Waals surface area (Å²) in [6, 6.07) is 8.65. The summed E-state index contributed by atoms with van der Waals surface area (Å²) in [4.78, 5) is 26.4. The number of rotatable bonds is 6. The van der Waals surface area contributed by atoms with E-state index < -0.39 is 5.97 Å². The predicted molar refractivity (Wildman–Crippen MR) is 99.2 cm³/mol. The lowest BCUT2D eigenvalue weighted by atomic mass is 10.1. The minimum Gasteiger partial charge on any atom is -0.478 e. The van der Waals surface area contributed by atoms with Crippen molar-refractivity contribution in [1.29, 1.82) is 0 Å². The summed E-state index contributed by atoms with van der Waals surface area (Å²) < 4.78 is 13.9. The van der Waals surface area contributed by atoms with Crippen LogP contribution in [0.5, 0.6) is 0 Å². The van der Waals surface area contributed by atoms with Crippen LogP contribution in [0.3, 0.4) is 0 Å². The fourth-order valence-corrected chi connectivity index (χ4v) is 2.75. The lowest BCUT2D eigenvalue weighted by Crippen LogP contribution is -2.00. The van der Waals surface area contributed by atoms with Crippen LogP contribution in [0.1, 0.15) is 33.2 Å². The van der Waals surface area contributed by atoms with E-state index in [9.17, 15) is 14.0 Å². The van der Waals surface area contributed by atoms with Gasteiger partial charge in [-0.05, 0) is 43.3 Å². The maximum absolute atomic E-state index is 13.9. The third kappa shape index (κ3) is 3.49. The van der Waals surface area contributed by atoms with Crippen LogP contribution >= 0.6 is 0 Å². The standard InChI is InChI=1S/C20H17FN2O3/c1-2-22-17-10-15(21)9-16-14(11-23-19(16)17)6-7-18(24)12-4-3-5-13(8-12)20(25)26/h3-11,22-23H,2H2,1H3,(H,25,26)/b7-6+. The molecule has 0 saturated carbocycles. The highest BCUT2D eigenvalue weighted by molar-refractivity contribution is 6.09. The Morgan fingerprint density at radius 1 is 1.23 bits per heavy atom. The van der Waals surface area contributed by atoms with Gasteiger partial charge in [0.2, 0.25) is 0 Å². The number of halogens is 1. The van der Waals surface area contributed by atoms with Gasteiger partial charge in [0.15, 0.2) is 5.78 Å². The average Bonchev–Trinajstić information content (AvgIpc) is 3.03. The monoisotopic (exact) mass is 352 g/mol. The van der Waals surface area contributed by atoms with Gasteiger partial charge in [-0.3, -0.25) is 4.79 Å². The predicted octanol–water partition coefficient (Wildman–Crippen LogP) is 4.33. The number of fused-ring (bicyclic) bond motifs is 1. The smallest absolute Gasteiger partial charge is 0.335 e. The minimum absolute atomic E-state index is 0.0497. The Bertz CT molecular complexity index is 1020. The van der Waals surface area contributed by atoms with E-state index in [1.807, 2.05) is 6.92 Å². The molecule has 0 spiro atoms. The highest BCUT2D eigenvalue weighted by atomic mass is 19.1. The molecule has 0 amide bonds. The first-order valence-electron chi connectivity index (χ1n) is 8.10. The topological polar surface area (TPSA) is 82.2 Å². The summed E-state index contributed by atoms with van der Waals surface area (Å²) in [5.74, 6) is -1.79. The molecule has 5 nitrogen and oxygen atoms in total. The highest BCUT2D eigenvalue weighted by Gasteiger charge is 2.10. The number of H-pyrrole nitrogens is 1. The summed E-state index contributed by atoms with van der Waals surface area (Å²) in [5, 5.41) is 12.8. The molecular formula is C20H17FN2O3. The molecule has 2 aromatic carbocycles. The third-order valence-electron chi connectivity index (χ3n) is 3.96. The van der Waals surface area contributed by atoms with Crippen molar-refractivity contribution in [2.75, 3.05) is 11.9 Å². The molecule has 3 aromatic rings. The molecule has 3 N–H and O–H groups in total. The van der Waals surface area contributed by atoms with Crippen LogP contribution in [0, 0.1) is 5.82 Å². The van der Waals surface area contributed by atoms with E-state index in [2.05, 4.69) is 10.3 Å². The van der Waals surface area contributed by atoms with Crippen LogP contribution in [0.25, 0.3) is 17.0 Å². The van der Waals surface area contributed by atoms with Crippen molar-refractivity contribution in [2.24, 2.45) is 0 Å². The van der Waals surface area contributed by atoms with Crippen LogP contribution in [0.4, 0.5) is 10.1 Å². The van der Waals surface area contributed by atoms with E-state index in [0.29, 0.717) is 23.2 Å². The Labute approximate surface area is 149 Å². The SMILES string of the molecule is CCNc1cc(F)cc2c(/C=C/C(=O)c3cccc(C(=O)O)c3)c[nH]c12. The van der Waals surface area contributed by atoms with Gasteiger partial charge in [-0.25, -0.2) is 9.18 Å². The fourth-order valence-electron chi connectivity index (χ4n) is 2.75. The van der Waals surface area contributed by atoms with Crippen molar-refractivity contribution in [3.63, 3.8) is 0 Å². The summed E-state index contributed by atoms with van der Waals surface area (Å²) in [6.45, 7) is 2.57. The number of nitrogens with one attached hydrogen (secondary N) is 2. The molecule has 0 radical (unpaired) electrons. The van der Waals surface area contributed by atoms with Gasteiger partial charge < -0.3 is 15.4 Å². The second kappa shape index (κ2) is 7.23. The number of allylic oxidation sites excluding steroid dienone is 1. The van der Waals surface area contributed by atoms with Gasteiger partial charge in [-0.15, -0.1) is 0 Å². The van der Waals surface area contributed by atoms with E-state index in [0.717, 1.165) is 5.52 Å². The minimum atomic E-state index is -1.09. The number of hydrogen-bond acceptors (Lipinski definition) is 3. The maximum Gasteiger partial charge on any atom is 0.335 e. The summed E-state index contributed by atoms with van der Waals surface area (Å²) >= 11 is 0. The number of carboxylic acids is 1. The Hall–Kier alpha value is -3.41. The molecule has 1 aromatic heterocycles. The number of carboxylic acid groups (broad SMARTS) is 1.